The Morgan fingerprint density at radius 1 is 1.42 bits per heavy atom. The first-order valence-corrected chi connectivity index (χ1v) is 7.47. The maximum Gasteiger partial charge on any atom is 0.0522 e. The average Bonchev–Trinajstić information content (AvgIpc) is 2.98. The lowest BCUT2D eigenvalue weighted by Gasteiger charge is -2.43. The number of aryl methyl sites for hydroxylation is 1. The van der Waals surface area contributed by atoms with Crippen molar-refractivity contribution in [2.75, 3.05) is 20.6 Å². The zero-order valence-corrected chi connectivity index (χ0v) is 12.8. The molecule has 4 nitrogen and oxygen atoms in total. The van der Waals surface area contributed by atoms with Gasteiger partial charge in [-0.25, -0.2) is 0 Å². The van der Waals surface area contributed by atoms with Crippen molar-refractivity contribution in [2.45, 2.75) is 50.6 Å². The number of rotatable bonds is 6. The first kappa shape index (κ1) is 14.5. The van der Waals surface area contributed by atoms with Crippen molar-refractivity contribution in [2.24, 2.45) is 7.05 Å². The highest BCUT2D eigenvalue weighted by Gasteiger charge is 2.42. The Hall–Kier alpha value is -0.870. The molecule has 0 spiro atoms. The Labute approximate surface area is 117 Å². The minimum atomic E-state index is 0.311. The summed E-state index contributed by atoms with van der Waals surface area (Å²) in [6, 6.07) is 0.513. The molecule has 1 heterocycles. The molecule has 0 radical (unpaired) electrons. The van der Waals surface area contributed by atoms with E-state index in [0.717, 1.165) is 13.0 Å². The lowest BCUT2D eigenvalue weighted by Crippen LogP contribution is -2.58. The zero-order valence-electron chi connectivity index (χ0n) is 12.8. The van der Waals surface area contributed by atoms with Crippen LogP contribution >= 0.6 is 0 Å². The minimum absolute atomic E-state index is 0.311. The second-order valence-electron chi connectivity index (χ2n) is 6.04. The van der Waals surface area contributed by atoms with Crippen molar-refractivity contribution >= 4 is 0 Å². The molecule has 108 valence electrons. The van der Waals surface area contributed by atoms with Gasteiger partial charge < -0.3 is 10.2 Å². The Kier molecular flexibility index (Phi) is 4.63. The molecule has 1 N–H and O–H groups in total. The van der Waals surface area contributed by atoms with E-state index >= 15 is 0 Å². The Morgan fingerprint density at radius 2 is 2.11 bits per heavy atom. The summed E-state index contributed by atoms with van der Waals surface area (Å²) in [5.74, 6) is 0. The molecule has 0 amide bonds. The van der Waals surface area contributed by atoms with Gasteiger partial charge in [-0.1, -0.05) is 19.8 Å². The number of nitrogens with one attached hydrogen (secondary N) is 1. The molecule has 1 aliphatic rings. The van der Waals surface area contributed by atoms with Gasteiger partial charge in [0, 0.05) is 24.8 Å². The van der Waals surface area contributed by atoms with Gasteiger partial charge in [-0.3, -0.25) is 4.68 Å². The van der Waals surface area contributed by atoms with Crippen LogP contribution in [0.1, 0.15) is 38.2 Å². The van der Waals surface area contributed by atoms with Gasteiger partial charge in [0.05, 0.1) is 6.20 Å². The summed E-state index contributed by atoms with van der Waals surface area (Å²) in [5, 5.41) is 8.03. The third-order valence-electron chi connectivity index (χ3n) is 4.66. The molecule has 1 aromatic heterocycles. The van der Waals surface area contributed by atoms with Crippen molar-refractivity contribution < 1.29 is 0 Å². The summed E-state index contributed by atoms with van der Waals surface area (Å²) < 4.78 is 1.90. The number of nitrogens with zero attached hydrogens (tertiary/aromatic N) is 3. The number of likely N-dealkylation sites (N-methyl/N-ethyl adjacent to an activating group) is 2. The highest BCUT2D eigenvalue weighted by molar-refractivity contribution is 5.12. The van der Waals surface area contributed by atoms with Crippen LogP contribution in [0.3, 0.4) is 0 Å². The Morgan fingerprint density at radius 3 is 2.58 bits per heavy atom. The highest BCUT2D eigenvalue weighted by Crippen LogP contribution is 2.37. The first-order valence-electron chi connectivity index (χ1n) is 7.47. The summed E-state index contributed by atoms with van der Waals surface area (Å²) in [4.78, 5) is 2.45. The smallest absolute Gasteiger partial charge is 0.0522 e. The second kappa shape index (κ2) is 6.06. The fourth-order valence-electron chi connectivity index (χ4n) is 3.61. The van der Waals surface area contributed by atoms with Crippen molar-refractivity contribution in [3.63, 3.8) is 0 Å². The molecule has 1 unspecified atom stereocenters. The van der Waals surface area contributed by atoms with E-state index in [-0.39, 0.29) is 0 Å². The van der Waals surface area contributed by atoms with Crippen molar-refractivity contribution in [1.82, 2.24) is 20.0 Å². The SMILES string of the molecule is CCNC(Cc1cnn(C)c1)C1(N(C)C)CCCC1. The normalized spacial score (nSPS) is 20.1. The van der Waals surface area contributed by atoms with Crippen LogP contribution in [0.15, 0.2) is 12.4 Å². The largest absolute Gasteiger partial charge is 0.312 e. The second-order valence-corrected chi connectivity index (χ2v) is 6.04. The van der Waals surface area contributed by atoms with Gasteiger partial charge in [-0.05, 0) is 45.5 Å². The van der Waals surface area contributed by atoms with Crippen LogP contribution in [-0.4, -0.2) is 46.9 Å². The lowest BCUT2D eigenvalue weighted by atomic mass is 9.83. The van der Waals surface area contributed by atoms with Crippen LogP contribution in [0.5, 0.6) is 0 Å². The molecule has 1 saturated carbocycles. The Bertz CT molecular complexity index is 391. The molecule has 1 atom stereocenters. The standard InChI is InChI=1S/C15H28N4/c1-5-16-14(10-13-11-17-19(4)12-13)15(18(2)3)8-6-7-9-15/h11-12,14,16H,5-10H2,1-4H3. The quantitative estimate of drug-likeness (QED) is 0.851. The molecule has 1 aromatic rings. The monoisotopic (exact) mass is 264 g/mol. The van der Waals surface area contributed by atoms with E-state index in [0.29, 0.717) is 11.6 Å². The van der Waals surface area contributed by atoms with Crippen molar-refractivity contribution in [3.8, 4) is 0 Å². The minimum Gasteiger partial charge on any atom is -0.312 e. The zero-order chi connectivity index (χ0) is 13.9. The van der Waals surface area contributed by atoms with Gasteiger partial charge in [-0.15, -0.1) is 0 Å². The molecular weight excluding hydrogens is 236 g/mol. The van der Waals surface area contributed by atoms with E-state index < -0.39 is 0 Å². The number of hydrogen-bond acceptors (Lipinski definition) is 3. The van der Waals surface area contributed by atoms with Gasteiger partial charge in [0.1, 0.15) is 0 Å². The molecule has 1 fully saturated rings. The molecule has 0 bridgehead atoms. The summed E-state index contributed by atoms with van der Waals surface area (Å²) in [6.45, 7) is 3.23. The molecule has 0 aromatic carbocycles. The van der Waals surface area contributed by atoms with E-state index in [9.17, 15) is 0 Å². The van der Waals surface area contributed by atoms with Gasteiger partial charge in [0.25, 0.3) is 0 Å². The molecule has 0 saturated heterocycles. The van der Waals surface area contributed by atoms with Crippen LogP contribution in [0, 0.1) is 0 Å². The van der Waals surface area contributed by atoms with Gasteiger partial charge in [-0.2, -0.15) is 5.10 Å². The van der Waals surface area contributed by atoms with E-state index in [1.54, 1.807) is 0 Å². The van der Waals surface area contributed by atoms with E-state index in [1.165, 1.54) is 31.2 Å². The van der Waals surface area contributed by atoms with Gasteiger partial charge in [0.15, 0.2) is 0 Å². The van der Waals surface area contributed by atoms with Crippen LogP contribution in [-0.2, 0) is 13.5 Å². The van der Waals surface area contributed by atoms with E-state index in [1.807, 2.05) is 17.9 Å². The lowest BCUT2D eigenvalue weighted by molar-refractivity contribution is 0.105. The molecule has 19 heavy (non-hydrogen) atoms. The fraction of sp³-hybridized carbons (Fsp3) is 0.800. The van der Waals surface area contributed by atoms with Crippen LogP contribution in [0.2, 0.25) is 0 Å². The molecule has 2 rings (SSSR count). The maximum atomic E-state index is 4.30. The Balaban J connectivity index is 2.18. The third kappa shape index (κ3) is 3.00. The van der Waals surface area contributed by atoms with Crippen LogP contribution in [0.25, 0.3) is 0 Å². The first-order chi connectivity index (χ1) is 9.08. The third-order valence-corrected chi connectivity index (χ3v) is 4.66. The predicted molar refractivity (Wildman–Crippen MR) is 79.3 cm³/mol. The van der Waals surface area contributed by atoms with Crippen molar-refractivity contribution in [3.05, 3.63) is 18.0 Å². The summed E-state index contributed by atoms with van der Waals surface area (Å²) in [7, 11) is 6.46. The van der Waals surface area contributed by atoms with Crippen LogP contribution in [0.4, 0.5) is 0 Å². The summed E-state index contributed by atoms with van der Waals surface area (Å²) in [6.07, 6.45) is 10.5. The molecule has 0 aliphatic heterocycles. The summed E-state index contributed by atoms with van der Waals surface area (Å²) >= 11 is 0. The highest BCUT2D eigenvalue weighted by atomic mass is 15.2. The maximum absolute atomic E-state index is 4.30. The number of aromatic nitrogens is 2. The fourth-order valence-corrected chi connectivity index (χ4v) is 3.61. The molecular formula is C15H28N4. The summed E-state index contributed by atoms with van der Waals surface area (Å²) in [5.41, 5.74) is 1.65. The van der Waals surface area contributed by atoms with Crippen LogP contribution < -0.4 is 5.32 Å². The van der Waals surface area contributed by atoms with E-state index in [4.69, 9.17) is 0 Å². The van der Waals surface area contributed by atoms with E-state index in [2.05, 4.69) is 42.5 Å². The topological polar surface area (TPSA) is 33.1 Å². The average molecular weight is 264 g/mol. The molecule has 1 aliphatic carbocycles. The van der Waals surface area contributed by atoms with Gasteiger partial charge >= 0.3 is 0 Å². The molecule has 4 heteroatoms. The van der Waals surface area contributed by atoms with Gasteiger partial charge in [0.2, 0.25) is 0 Å². The predicted octanol–water partition coefficient (Wildman–Crippen LogP) is 1.82. The van der Waals surface area contributed by atoms with Crippen molar-refractivity contribution in [1.29, 1.82) is 0 Å². The number of hydrogen-bond donors (Lipinski definition) is 1.